The Morgan fingerprint density at radius 3 is 2.36 bits per heavy atom. The van der Waals surface area contributed by atoms with E-state index in [1.807, 2.05) is 0 Å². The van der Waals surface area contributed by atoms with Crippen LogP contribution in [0, 0.1) is 5.41 Å². The maximum Gasteiger partial charge on any atom is 0.139 e. The molecular formula is C20H31NO. The molecule has 2 nitrogen and oxygen atoms in total. The molecule has 2 heteroatoms. The Hall–Kier alpha value is -1.15. The molecule has 1 heterocycles. The van der Waals surface area contributed by atoms with Crippen LogP contribution < -0.4 is 0 Å². The highest BCUT2D eigenvalue weighted by Gasteiger charge is 2.39. The zero-order valence-corrected chi connectivity index (χ0v) is 14.3. The lowest BCUT2D eigenvalue weighted by Crippen LogP contribution is -2.44. The summed E-state index contributed by atoms with van der Waals surface area (Å²) in [5, 5.41) is 0. The van der Waals surface area contributed by atoms with Crippen LogP contribution in [0.15, 0.2) is 30.3 Å². The maximum atomic E-state index is 12.7. The number of likely N-dealkylation sites (tertiary alicyclic amines) is 1. The normalized spacial score (nSPS) is 18.3. The summed E-state index contributed by atoms with van der Waals surface area (Å²) in [6.45, 7) is 7.49. The van der Waals surface area contributed by atoms with Gasteiger partial charge in [0.25, 0.3) is 0 Å². The van der Waals surface area contributed by atoms with Crippen LogP contribution in [0.4, 0.5) is 0 Å². The summed E-state index contributed by atoms with van der Waals surface area (Å²) in [4.78, 5) is 15.2. The second kappa shape index (κ2) is 8.47. The number of benzene rings is 1. The number of carbonyl (C=O) groups is 1. The Morgan fingerprint density at radius 1 is 1.09 bits per heavy atom. The van der Waals surface area contributed by atoms with Gasteiger partial charge in [0, 0.05) is 18.4 Å². The second-order valence-corrected chi connectivity index (χ2v) is 6.82. The number of unbranched alkanes of at least 4 members (excludes halogenated alkanes) is 1. The van der Waals surface area contributed by atoms with E-state index in [9.17, 15) is 4.79 Å². The quantitative estimate of drug-likeness (QED) is 0.685. The number of piperidine rings is 1. The van der Waals surface area contributed by atoms with E-state index in [4.69, 9.17) is 0 Å². The minimum Gasteiger partial charge on any atom is -0.299 e. The summed E-state index contributed by atoms with van der Waals surface area (Å²) in [7, 11) is 0. The average Bonchev–Trinajstić information content (AvgIpc) is 2.55. The molecule has 1 aromatic rings. The summed E-state index contributed by atoms with van der Waals surface area (Å²) in [5.74, 6) is 0.530. The molecule has 1 aromatic carbocycles. The number of Topliss-reactive ketones (excluding diaryl/α,β-unsaturated/α-hetero) is 1. The molecule has 0 radical (unpaired) electrons. The molecule has 122 valence electrons. The zero-order valence-electron chi connectivity index (χ0n) is 14.3. The summed E-state index contributed by atoms with van der Waals surface area (Å²) in [5.41, 5.74) is 1.36. The highest BCUT2D eigenvalue weighted by atomic mass is 16.1. The summed E-state index contributed by atoms with van der Waals surface area (Å²) in [6.07, 6.45) is 7.34. The first-order chi connectivity index (χ1) is 10.7. The van der Waals surface area contributed by atoms with Crippen LogP contribution in [-0.4, -0.2) is 23.8 Å². The molecule has 2 rings (SSSR count). The fourth-order valence-electron chi connectivity index (χ4n) is 3.66. The summed E-state index contributed by atoms with van der Waals surface area (Å²) < 4.78 is 0. The molecule has 1 aliphatic heterocycles. The Bertz CT molecular complexity index is 446. The van der Waals surface area contributed by atoms with Crippen LogP contribution >= 0.6 is 0 Å². The predicted octanol–water partition coefficient (Wildman–Crippen LogP) is 4.83. The van der Waals surface area contributed by atoms with Crippen molar-refractivity contribution < 1.29 is 4.79 Å². The number of carbonyl (C=O) groups excluding carboxylic acids is 1. The third kappa shape index (κ3) is 4.42. The van der Waals surface area contributed by atoms with Gasteiger partial charge in [-0.2, -0.15) is 0 Å². The topological polar surface area (TPSA) is 20.3 Å². The second-order valence-electron chi connectivity index (χ2n) is 6.82. The molecule has 0 amide bonds. The third-order valence-electron chi connectivity index (χ3n) is 5.14. The van der Waals surface area contributed by atoms with Gasteiger partial charge in [0.1, 0.15) is 5.78 Å². The minimum absolute atomic E-state index is 0.0147. The molecule has 1 saturated heterocycles. The highest BCUT2D eigenvalue weighted by molar-refractivity contribution is 5.84. The number of rotatable bonds is 8. The van der Waals surface area contributed by atoms with E-state index in [2.05, 4.69) is 49.1 Å². The van der Waals surface area contributed by atoms with Crippen LogP contribution in [0.2, 0.25) is 0 Å². The van der Waals surface area contributed by atoms with Gasteiger partial charge in [-0.3, -0.25) is 9.69 Å². The largest absolute Gasteiger partial charge is 0.299 e. The molecule has 1 fully saturated rings. The molecular weight excluding hydrogens is 270 g/mol. The van der Waals surface area contributed by atoms with Crippen molar-refractivity contribution in [2.24, 2.45) is 5.41 Å². The molecule has 0 bridgehead atoms. The lowest BCUT2D eigenvalue weighted by molar-refractivity contribution is -0.132. The van der Waals surface area contributed by atoms with Crippen LogP contribution in [-0.2, 0) is 11.3 Å². The van der Waals surface area contributed by atoms with Gasteiger partial charge in [0.2, 0.25) is 0 Å². The highest BCUT2D eigenvalue weighted by Crippen LogP contribution is 2.39. The van der Waals surface area contributed by atoms with E-state index in [1.54, 1.807) is 0 Å². The summed E-state index contributed by atoms with van der Waals surface area (Å²) in [6, 6.07) is 10.7. The number of nitrogens with zero attached hydrogens (tertiary/aromatic N) is 1. The Kier molecular flexibility index (Phi) is 6.63. The predicted molar refractivity (Wildman–Crippen MR) is 92.8 cm³/mol. The fraction of sp³-hybridized carbons (Fsp3) is 0.650. The number of ketones is 1. The van der Waals surface area contributed by atoms with E-state index in [-0.39, 0.29) is 5.41 Å². The lowest BCUT2D eigenvalue weighted by atomic mass is 9.70. The van der Waals surface area contributed by atoms with Gasteiger partial charge in [-0.25, -0.2) is 0 Å². The molecule has 22 heavy (non-hydrogen) atoms. The van der Waals surface area contributed by atoms with Crippen molar-refractivity contribution in [3.8, 4) is 0 Å². The molecule has 1 aliphatic rings. The van der Waals surface area contributed by atoms with Gasteiger partial charge >= 0.3 is 0 Å². The Labute approximate surface area is 135 Å². The Balaban J connectivity index is 1.95. The molecule has 0 saturated carbocycles. The monoisotopic (exact) mass is 301 g/mol. The van der Waals surface area contributed by atoms with E-state index >= 15 is 0 Å². The van der Waals surface area contributed by atoms with Gasteiger partial charge in [0.15, 0.2) is 0 Å². The Morgan fingerprint density at radius 2 is 1.77 bits per heavy atom. The molecule has 0 N–H and O–H groups in total. The number of hydrogen-bond acceptors (Lipinski definition) is 2. The van der Waals surface area contributed by atoms with E-state index in [1.165, 1.54) is 18.4 Å². The van der Waals surface area contributed by atoms with Crippen molar-refractivity contribution >= 4 is 5.78 Å². The SMILES string of the molecule is CCCCC1(C(=O)CCC)CCN(Cc2ccccc2)CC1. The molecule has 0 atom stereocenters. The maximum absolute atomic E-state index is 12.7. The molecule has 0 aromatic heterocycles. The van der Waals surface area contributed by atoms with Crippen LogP contribution in [0.5, 0.6) is 0 Å². The van der Waals surface area contributed by atoms with Crippen LogP contribution in [0.25, 0.3) is 0 Å². The van der Waals surface area contributed by atoms with Gasteiger partial charge < -0.3 is 0 Å². The van der Waals surface area contributed by atoms with Crippen molar-refractivity contribution in [1.82, 2.24) is 4.90 Å². The van der Waals surface area contributed by atoms with Gasteiger partial charge in [-0.15, -0.1) is 0 Å². The number of hydrogen-bond donors (Lipinski definition) is 0. The fourth-order valence-corrected chi connectivity index (χ4v) is 3.66. The van der Waals surface area contributed by atoms with Crippen LogP contribution in [0.3, 0.4) is 0 Å². The smallest absolute Gasteiger partial charge is 0.139 e. The molecule has 0 unspecified atom stereocenters. The molecule has 0 aliphatic carbocycles. The first-order valence-electron chi connectivity index (χ1n) is 9.00. The zero-order chi connectivity index (χ0) is 15.8. The molecule has 0 spiro atoms. The standard InChI is InChI=1S/C20H31NO/c1-3-5-12-20(19(22)9-4-2)13-15-21(16-14-20)17-18-10-7-6-8-11-18/h6-8,10-11H,3-5,9,12-17H2,1-2H3. The summed E-state index contributed by atoms with van der Waals surface area (Å²) >= 11 is 0. The third-order valence-corrected chi connectivity index (χ3v) is 5.14. The van der Waals surface area contributed by atoms with E-state index in [0.717, 1.165) is 51.7 Å². The van der Waals surface area contributed by atoms with Crippen molar-refractivity contribution in [3.05, 3.63) is 35.9 Å². The lowest BCUT2D eigenvalue weighted by Gasteiger charge is -2.41. The van der Waals surface area contributed by atoms with Crippen molar-refractivity contribution in [2.75, 3.05) is 13.1 Å². The van der Waals surface area contributed by atoms with E-state index < -0.39 is 0 Å². The first kappa shape index (κ1) is 17.2. The van der Waals surface area contributed by atoms with Crippen molar-refractivity contribution in [2.45, 2.75) is 65.3 Å². The van der Waals surface area contributed by atoms with Crippen molar-refractivity contribution in [1.29, 1.82) is 0 Å². The van der Waals surface area contributed by atoms with Crippen LogP contribution in [0.1, 0.15) is 64.4 Å². The average molecular weight is 301 g/mol. The van der Waals surface area contributed by atoms with E-state index in [0.29, 0.717) is 5.78 Å². The first-order valence-corrected chi connectivity index (χ1v) is 9.00. The van der Waals surface area contributed by atoms with Gasteiger partial charge in [-0.05, 0) is 44.3 Å². The van der Waals surface area contributed by atoms with Gasteiger partial charge in [0.05, 0.1) is 0 Å². The minimum atomic E-state index is -0.0147. The van der Waals surface area contributed by atoms with Crippen molar-refractivity contribution in [3.63, 3.8) is 0 Å². The van der Waals surface area contributed by atoms with Gasteiger partial charge in [-0.1, -0.05) is 57.0 Å².